The molecular formula is C14H18N2O3. The third-order valence-electron chi connectivity index (χ3n) is 3.45. The number of benzene rings is 1. The number of carboxylic acid groups (broad SMARTS) is 1. The van der Waals surface area contributed by atoms with Crippen LogP contribution in [0.15, 0.2) is 24.3 Å². The molecule has 102 valence electrons. The van der Waals surface area contributed by atoms with Crippen molar-refractivity contribution in [3.63, 3.8) is 0 Å². The molecule has 1 aliphatic heterocycles. The number of anilines is 1. The Bertz CT molecular complexity index is 501. The molecule has 1 aromatic rings. The summed E-state index contributed by atoms with van der Waals surface area (Å²) in [6.07, 6.45) is 0.430. The van der Waals surface area contributed by atoms with Crippen LogP contribution in [0.1, 0.15) is 12.5 Å². The Balaban J connectivity index is 2.26. The first-order valence-corrected chi connectivity index (χ1v) is 6.34. The minimum absolute atomic E-state index is 0.0320. The fourth-order valence-electron chi connectivity index (χ4n) is 2.23. The Kier molecular flexibility index (Phi) is 3.74. The molecule has 1 aliphatic rings. The number of para-hydroxylation sites is 1. The maximum Gasteiger partial charge on any atom is 0.324 e. The highest BCUT2D eigenvalue weighted by Gasteiger charge is 2.28. The average Bonchev–Trinajstić information content (AvgIpc) is 2.71. The normalized spacial score (nSPS) is 16.8. The molecule has 5 heteroatoms. The number of amides is 2. The van der Waals surface area contributed by atoms with Crippen molar-refractivity contribution in [3.8, 4) is 0 Å². The lowest BCUT2D eigenvalue weighted by Gasteiger charge is -2.20. The van der Waals surface area contributed by atoms with Crippen molar-refractivity contribution < 1.29 is 14.7 Å². The Labute approximate surface area is 112 Å². The van der Waals surface area contributed by atoms with E-state index in [9.17, 15) is 9.59 Å². The molecule has 0 saturated carbocycles. The number of carboxylic acids is 1. The minimum atomic E-state index is -0.820. The van der Waals surface area contributed by atoms with E-state index in [1.807, 2.05) is 24.3 Å². The summed E-state index contributed by atoms with van der Waals surface area (Å²) in [6.45, 7) is 3.02. The van der Waals surface area contributed by atoms with Crippen LogP contribution in [0.5, 0.6) is 0 Å². The Morgan fingerprint density at radius 3 is 2.63 bits per heavy atom. The predicted molar refractivity (Wildman–Crippen MR) is 72.3 cm³/mol. The lowest BCUT2D eigenvalue weighted by molar-refractivity contribution is -0.141. The summed E-state index contributed by atoms with van der Waals surface area (Å²) < 4.78 is 0. The number of urea groups is 1. The molecule has 1 unspecified atom stereocenters. The predicted octanol–water partition coefficient (Wildman–Crippen LogP) is 1.82. The second-order valence-electron chi connectivity index (χ2n) is 4.93. The van der Waals surface area contributed by atoms with Crippen molar-refractivity contribution in [1.29, 1.82) is 0 Å². The molecule has 0 aromatic heterocycles. The van der Waals surface area contributed by atoms with Gasteiger partial charge in [0.15, 0.2) is 0 Å². The lowest BCUT2D eigenvalue weighted by atomic mass is 9.99. The molecule has 1 aromatic carbocycles. The van der Waals surface area contributed by atoms with Gasteiger partial charge in [-0.1, -0.05) is 25.1 Å². The largest absolute Gasteiger partial charge is 0.481 e. The SMILES string of the molecule is CC(Cc1ccccc1N1CCN(C)C1=O)C(=O)O. The highest BCUT2D eigenvalue weighted by Crippen LogP contribution is 2.26. The van der Waals surface area contributed by atoms with Crippen molar-refractivity contribution in [2.75, 3.05) is 25.0 Å². The van der Waals surface area contributed by atoms with Gasteiger partial charge in [0, 0.05) is 25.8 Å². The highest BCUT2D eigenvalue weighted by atomic mass is 16.4. The van der Waals surface area contributed by atoms with Gasteiger partial charge in [-0.15, -0.1) is 0 Å². The van der Waals surface area contributed by atoms with Gasteiger partial charge in [-0.3, -0.25) is 9.69 Å². The molecule has 2 amide bonds. The van der Waals surface area contributed by atoms with Crippen LogP contribution in [0.3, 0.4) is 0 Å². The van der Waals surface area contributed by atoms with E-state index in [-0.39, 0.29) is 6.03 Å². The van der Waals surface area contributed by atoms with Gasteiger partial charge in [0.05, 0.1) is 5.92 Å². The van der Waals surface area contributed by atoms with Gasteiger partial charge in [0.25, 0.3) is 0 Å². The molecule has 5 nitrogen and oxygen atoms in total. The van der Waals surface area contributed by atoms with Gasteiger partial charge in [-0.2, -0.15) is 0 Å². The molecule has 2 rings (SSSR count). The maximum atomic E-state index is 12.0. The lowest BCUT2D eigenvalue weighted by Crippen LogP contribution is -2.30. The van der Waals surface area contributed by atoms with Crippen LogP contribution in [0, 0.1) is 5.92 Å². The standard InChI is InChI=1S/C14H18N2O3/c1-10(13(17)18)9-11-5-3-4-6-12(11)16-8-7-15(2)14(16)19/h3-6,10H,7-9H2,1-2H3,(H,17,18). The quantitative estimate of drug-likeness (QED) is 0.900. The molecule has 1 N–H and O–H groups in total. The van der Waals surface area contributed by atoms with Crippen LogP contribution in [-0.2, 0) is 11.2 Å². The van der Waals surface area contributed by atoms with E-state index in [2.05, 4.69) is 0 Å². The Morgan fingerprint density at radius 2 is 2.05 bits per heavy atom. The summed E-state index contributed by atoms with van der Waals surface area (Å²) in [5.74, 6) is -1.28. The number of hydrogen-bond acceptors (Lipinski definition) is 2. The Morgan fingerprint density at radius 1 is 1.37 bits per heavy atom. The molecule has 0 spiro atoms. The fraction of sp³-hybridized carbons (Fsp3) is 0.429. The van der Waals surface area contributed by atoms with Crippen LogP contribution in [0.25, 0.3) is 0 Å². The van der Waals surface area contributed by atoms with Crippen molar-refractivity contribution in [2.45, 2.75) is 13.3 Å². The topological polar surface area (TPSA) is 60.9 Å². The van der Waals surface area contributed by atoms with E-state index in [0.29, 0.717) is 19.5 Å². The number of aliphatic carboxylic acids is 1. The van der Waals surface area contributed by atoms with Crippen molar-refractivity contribution in [2.24, 2.45) is 5.92 Å². The van der Waals surface area contributed by atoms with E-state index in [4.69, 9.17) is 5.11 Å². The molecule has 19 heavy (non-hydrogen) atoms. The van der Waals surface area contributed by atoms with Gasteiger partial charge >= 0.3 is 12.0 Å². The highest BCUT2D eigenvalue weighted by molar-refractivity contribution is 5.94. The van der Waals surface area contributed by atoms with Gasteiger partial charge in [-0.25, -0.2) is 4.79 Å². The molecule has 1 fully saturated rings. The third-order valence-corrected chi connectivity index (χ3v) is 3.45. The van der Waals surface area contributed by atoms with E-state index < -0.39 is 11.9 Å². The molecule has 1 saturated heterocycles. The second-order valence-corrected chi connectivity index (χ2v) is 4.93. The van der Waals surface area contributed by atoms with Crippen LogP contribution < -0.4 is 4.90 Å². The molecule has 0 aliphatic carbocycles. The number of nitrogens with zero attached hydrogens (tertiary/aromatic N) is 2. The first kappa shape index (κ1) is 13.4. The van der Waals surface area contributed by atoms with Gasteiger partial charge in [0.2, 0.25) is 0 Å². The van der Waals surface area contributed by atoms with Crippen LogP contribution in [-0.4, -0.2) is 42.1 Å². The van der Waals surface area contributed by atoms with Crippen molar-refractivity contribution in [1.82, 2.24) is 4.90 Å². The van der Waals surface area contributed by atoms with Crippen LogP contribution in [0.2, 0.25) is 0 Å². The summed E-state index contributed by atoms with van der Waals surface area (Å²) in [5, 5.41) is 9.00. The zero-order valence-corrected chi connectivity index (χ0v) is 11.2. The average molecular weight is 262 g/mol. The summed E-state index contributed by atoms with van der Waals surface area (Å²) in [4.78, 5) is 26.4. The first-order valence-electron chi connectivity index (χ1n) is 6.34. The molecule has 0 bridgehead atoms. The van der Waals surface area contributed by atoms with E-state index in [0.717, 1.165) is 11.3 Å². The first-order chi connectivity index (χ1) is 9.00. The number of rotatable bonds is 4. The van der Waals surface area contributed by atoms with Crippen LogP contribution >= 0.6 is 0 Å². The van der Waals surface area contributed by atoms with Gasteiger partial charge < -0.3 is 10.0 Å². The Hall–Kier alpha value is -2.04. The maximum absolute atomic E-state index is 12.0. The monoisotopic (exact) mass is 262 g/mol. The van der Waals surface area contributed by atoms with E-state index in [1.165, 1.54) is 0 Å². The second kappa shape index (κ2) is 5.30. The smallest absolute Gasteiger partial charge is 0.324 e. The summed E-state index contributed by atoms with van der Waals surface area (Å²) in [6, 6.07) is 7.48. The molecule has 1 heterocycles. The fourth-order valence-corrected chi connectivity index (χ4v) is 2.23. The summed E-state index contributed by atoms with van der Waals surface area (Å²) >= 11 is 0. The number of hydrogen-bond donors (Lipinski definition) is 1. The summed E-state index contributed by atoms with van der Waals surface area (Å²) in [7, 11) is 1.77. The minimum Gasteiger partial charge on any atom is -0.481 e. The van der Waals surface area contributed by atoms with E-state index >= 15 is 0 Å². The summed E-state index contributed by atoms with van der Waals surface area (Å²) in [5.41, 5.74) is 1.73. The zero-order chi connectivity index (χ0) is 14.0. The molecular weight excluding hydrogens is 244 g/mol. The number of carbonyl (C=O) groups is 2. The number of likely N-dealkylation sites (N-methyl/N-ethyl adjacent to an activating group) is 1. The van der Waals surface area contributed by atoms with Crippen molar-refractivity contribution in [3.05, 3.63) is 29.8 Å². The van der Waals surface area contributed by atoms with Gasteiger partial charge in [0.1, 0.15) is 0 Å². The zero-order valence-electron chi connectivity index (χ0n) is 11.2. The van der Waals surface area contributed by atoms with Crippen LogP contribution in [0.4, 0.5) is 10.5 Å². The molecule has 1 atom stereocenters. The molecule has 0 radical (unpaired) electrons. The third kappa shape index (κ3) is 2.70. The van der Waals surface area contributed by atoms with Crippen molar-refractivity contribution >= 4 is 17.7 Å². The van der Waals surface area contributed by atoms with E-state index in [1.54, 1.807) is 23.8 Å². The van der Waals surface area contributed by atoms with Gasteiger partial charge in [-0.05, 0) is 18.1 Å². The number of carbonyl (C=O) groups excluding carboxylic acids is 1.